The third kappa shape index (κ3) is 4.74. The maximum Gasteiger partial charge on any atom is 0.157 e. The normalized spacial score (nSPS) is 27.0. The Balaban J connectivity index is 1.73. The van der Waals surface area contributed by atoms with Gasteiger partial charge in [-0.2, -0.15) is 11.8 Å². The molecule has 2 aliphatic rings. The Bertz CT molecular complexity index is 278. The molecule has 2 rings (SSSR count). The lowest BCUT2D eigenvalue weighted by atomic mass is 9.90. The summed E-state index contributed by atoms with van der Waals surface area (Å²) in [5.41, 5.74) is 0.421. The van der Waals surface area contributed by atoms with Crippen LogP contribution in [-0.4, -0.2) is 34.5 Å². The number of thioether (sulfide) groups is 2. The van der Waals surface area contributed by atoms with Crippen molar-refractivity contribution in [3.8, 4) is 0 Å². The van der Waals surface area contributed by atoms with Crippen LogP contribution in [0.1, 0.15) is 40.0 Å². The van der Waals surface area contributed by atoms with Gasteiger partial charge in [-0.3, -0.25) is 4.99 Å². The van der Waals surface area contributed by atoms with E-state index in [1.54, 1.807) is 0 Å². The van der Waals surface area contributed by atoms with Crippen LogP contribution in [0.4, 0.5) is 0 Å². The van der Waals surface area contributed by atoms with Gasteiger partial charge in [-0.1, -0.05) is 32.5 Å². The first-order valence-electron chi connectivity index (χ1n) is 6.58. The van der Waals surface area contributed by atoms with Crippen molar-refractivity contribution in [1.82, 2.24) is 5.32 Å². The monoisotopic (exact) mass is 272 g/mol. The van der Waals surface area contributed by atoms with E-state index in [2.05, 4.69) is 42.8 Å². The predicted molar refractivity (Wildman–Crippen MR) is 81.2 cm³/mol. The lowest BCUT2D eigenvalue weighted by molar-refractivity contribution is 0.375. The molecular weight excluding hydrogens is 248 g/mol. The Morgan fingerprint density at radius 3 is 2.65 bits per heavy atom. The molecule has 98 valence electrons. The number of aliphatic imine (C=N–C) groups is 1. The average molecular weight is 272 g/mol. The molecule has 0 aromatic heterocycles. The van der Waals surface area contributed by atoms with Crippen molar-refractivity contribution in [2.45, 2.75) is 51.3 Å². The molecule has 0 aromatic rings. The third-order valence-corrected chi connectivity index (χ3v) is 5.27. The first-order valence-corrected chi connectivity index (χ1v) is 8.62. The summed E-state index contributed by atoms with van der Waals surface area (Å²) < 4.78 is 0. The van der Waals surface area contributed by atoms with Gasteiger partial charge in [0.2, 0.25) is 0 Å². The van der Waals surface area contributed by atoms with Gasteiger partial charge in [-0.15, -0.1) is 0 Å². The third-order valence-electron chi connectivity index (χ3n) is 3.11. The van der Waals surface area contributed by atoms with Crippen LogP contribution in [0.2, 0.25) is 0 Å². The van der Waals surface area contributed by atoms with Gasteiger partial charge in [0.1, 0.15) is 0 Å². The summed E-state index contributed by atoms with van der Waals surface area (Å²) >= 11 is 4.04. The van der Waals surface area contributed by atoms with Crippen LogP contribution in [0.3, 0.4) is 0 Å². The summed E-state index contributed by atoms with van der Waals surface area (Å²) in [7, 11) is 0. The maximum atomic E-state index is 4.66. The molecule has 0 aliphatic carbocycles. The second-order valence-electron chi connectivity index (χ2n) is 6.18. The Morgan fingerprint density at radius 1 is 1.29 bits per heavy atom. The fourth-order valence-electron chi connectivity index (χ4n) is 2.30. The number of rotatable bonds is 2. The zero-order chi connectivity index (χ0) is 12.3. The Morgan fingerprint density at radius 2 is 2.00 bits per heavy atom. The minimum Gasteiger partial charge on any atom is -0.362 e. The van der Waals surface area contributed by atoms with Crippen LogP contribution >= 0.6 is 23.5 Å². The summed E-state index contributed by atoms with van der Waals surface area (Å²) in [6.45, 7) is 7.96. The number of hydrogen-bond acceptors (Lipinski definition) is 4. The van der Waals surface area contributed by atoms with Gasteiger partial charge < -0.3 is 5.32 Å². The molecule has 1 saturated heterocycles. The quantitative estimate of drug-likeness (QED) is 0.834. The van der Waals surface area contributed by atoms with Crippen LogP contribution in [0, 0.1) is 5.41 Å². The Labute approximate surface area is 114 Å². The summed E-state index contributed by atoms with van der Waals surface area (Å²) in [6.07, 6.45) is 3.86. The Kier molecular flexibility index (Phi) is 4.70. The van der Waals surface area contributed by atoms with Crippen molar-refractivity contribution in [3.63, 3.8) is 0 Å². The van der Waals surface area contributed by atoms with E-state index < -0.39 is 0 Å². The number of hydrogen-bond donors (Lipinski definition) is 1. The van der Waals surface area contributed by atoms with Crippen LogP contribution in [0.15, 0.2) is 4.99 Å². The molecule has 2 aliphatic heterocycles. The number of nitrogens with zero attached hydrogens (tertiary/aromatic N) is 1. The lowest BCUT2D eigenvalue weighted by Crippen LogP contribution is -2.35. The molecule has 0 bridgehead atoms. The van der Waals surface area contributed by atoms with E-state index in [4.69, 9.17) is 0 Å². The van der Waals surface area contributed by atoms with Crippen molar-refractivity contribution < 1.29 is 0 Å². The first kappa shape index (κ1) is 13.6. The molecule has 1 N–H and O–H groups in total. The molecule has 1 unspecified atom stereocenters. The molecule has 1 fully saturated rings. The fraction of sp³-hybridized carbons (Fsp3) is 0.923. The number of amidine groups is 1. The van der Waals surface area contributed by atoms with Gasteiger partial charge in [0, 0.05) is 11.3 Å². The van der Waals surface area contributed by atoms with Crippen LogP contribution in [0.25, 0.3) is 0 Å². The zero-order valence-electron chi connectivity index (χ0n) is 11.2. The second kappa shape index (κ2) is 5.87. The molecule has 4 heteroatoms. The maximum absolute atomic E-state index is 4.66. The van der Waals surface area contributed by atoms with E-state index in [0.717, 1.165) is 6.54 Å². The second-order valence-corrected chi connectivity index (χ2v) is 8.70. The van der Waals surface area contributed by atoms with E-state index in [1.807, 2.05) is 11.8 Å². The minimum atomic E-state index is 0.421. The molecule has 1 atom stereocenters. The SMILES string of the molecule is CC(C)(C)CC1CN=C(NC2CCSCC2)S1. The zero-order valence-corrected chi connectivity index (χ0v) is 12.8. The molecule has 2 heterocycles. The van der Waals surface area contributed by atoms with E-state index in [1.165, 1.54) is 35.9 Å². The topological polar surface area (TPSA) is 24.4 Å². The van der Waals surface area contributed by atoms with Crippen molar-refractivity contribution >= 4 is 28.7 Å². The van der Waals surface area contributed by atoms with E-state index in [-0.39, 0.29) is 0 Å². The van der Waals surface area contributed by atoms with E-state index in [0.29, 0.717) is 16.7 Å². The largest absolute Gasteiger partial charge is 0.362 e. The highest BCUT2D eigenvalue weighted by molar-refractivity contribution is 8.14. The molecule has 2 nitrogen and oxygen atoms in total. The first-order chi connectivity index (χ1) is 8.03. The van der Waals surface area contributed by atoms with Crippen LogP contribution in [-0.2, 0) is 0 Å². The summed E-state index contributed by atoms with van der Waals surface area (Å²) in [5.74, 6) is 2.61. The van der Waals surface area contributed by atoms with Gasteiger partial charge in [0.25, 0.3) is 0 Å². The molecule has 0 radical (unpaired) electrons. The molecule has 17 heavy (non-hydrogen) atoms. The number of nitrogens with one attached hydrogen (secondary N) is 1. The van der Waals surface area contributed by atoms with E-state index in [9.17, 15) is 0 Å². The average Bonchev–Trinajstić information content (AvgIpc) is 2.64. The standard InChI is InChI=1S/C13H24N2S2/c1-13(2,3)8-11-9-14-12(17-11)15-10-4-6-16-7-5-10/h10-11H,4-9H2,1-3H3,(H,14,15). The molecular formula is C13H24N2S2. The molecule has 0 saturated carbocycles. The van der Waals surface area contributed by atoms with Crippen molar-refractivity contribution in [3.05, 3.63) is 0 Å². The molecule has 0 spiro atoms. The molecule has 0 aromatic carbocycles. The van der Waals surface area contributed by atoms with Gasteiger partial charge in [0.15, 0.2) is 5.17 Å². The van der Waals surface area contributed by atoms with Crippen molar-refractivity contribution in [2.75, 3.05) is 18.1 Å². The minimum absolute atomic E-state index is 0.421. The van der Waals surface area contributed by atoms with E-state index >= 15 is 0 Å². The van der Waals surface area contributed by atoms with Crippen molar-refractivity contribution in [2.24, 2.45) is 10.4 Å². The van der Waals surface area contributed by atoms with Crippen molar-refractivity contribution in [1.29, 1.82) is 0 Å². The summed E-state index contributed by atoms with van der Waals surface area (Å²) in [6, 6.07) is 0.677. The van der Waals surface area contributed by atoms with Gasteiger partial charge in [0.05, 0.1) is 6.54 Å². The smallest absolute Gasteiger partial charge is 0.157 e. The van der Waals surface area contributed by atoms with Crippen LogP contribution < -0.4 is 5.32 Å². The Hall–Kier alpha value is 0.170. The lowest BCUT2D eigenvalue weighted by Gasteiger charge is -2.24. The summed E-state index contributed by atoms with van der Waals surface area (Å²) in [4.78, 5) is 4.66. The highest BCUT2D eigenvalue weighted by Crippen LogP contribution is 2.32. The van der Waals surface area contributed by atoms with Gasteiger partial charge in [-0.25, -0.2) is 0 Å². The summed E-state index contributed by atoms with van der Waals surface area (Å²) in [5, 5.41) is 5.53. The predicted octanol–water partition coefficient (Wildman–Crippen LogP) is 3.38. The highest BCUT2D eigenvalue weighted by Gasteiger charge is 2.26. The van der Waals surface area contributed by atoms with Crippen LogP contribution in [0.5, 0.6) is 0 Å². The fourth-order valence-corrected chi connectivity index (χ4v) is 4.84. The highest BCUT2D eigenvalue weighted by atomic mass is 32.2. The van der Waals surface area contributed by atoms with Gasteiger partial charge in [-0.05, 0) is 36.2 Å². The molecule has 0 amide bonds. The van der Waals surface area contributed by atoms with Gasteiger partial charge >= 0.3 is 0 Å².